The first-order valence-corrected chi connectivity index (χ1v) is 6.44. The van der Waals surface area contributed by atoms with Crippen molar-refractivity contribution in [1.82, 2.24) is 4.48 Å². The SMILES string of the molecule is [3H]c1c([3H])c([3H])c([N+](C)(c2ccccc2)c2ccccc2)c([3H])c1[3H]. The Kier molecular flexibility index (Phi) is 2.13. The summed E-state index contributed by atoms with van der Waals surface area (Å²) < 4.78 is 40.7. The van der Waals surface area contributed by atoms with Crippen molar-refractivity contribution in [1.29, 1.82) is 0 Å². The lowest BCUT2D eigenvalue weighted by Crippen LogP contribution is -2.33. The molecule has 0 unspecified atom stereocenters. The summed E-state index contributed by atoms with van der Waals surface area (Å²) in [6, 6.07) is 17.5. The number of hydrogen-bond donors (Lipinski definition) is 0. The Morgan fingerprint density at radius 3 is 1.55 bits per heavy atom. The third-order valence-electron chi connectivity index (χ3n) is 3.48. The van der Waals surface area contributed by atoms with Gasteiger partial charge in [-0.05, 0) is 36.4 Å². The molecular weight excluding hydrogens is 242 g/mol. The van der Waals surface area contributed by atoms with Crippen LogP contribution in [0.3, 0.4) is 0 Å². The maximum Gasteiger partial charge on any atom is 0.142 e. The minimum Gasteiger partial charge on any atom is -0.229 e. The molecule has 0 aliphatic carbocycles. The molecule has 0 saturated carbocycles. The lowest BCUT2D eigenvalue weighted by molar-refractivity contribution is 0.627. The lowest BCUT2D eigenvalue weighted by Gasteiger charge is -2.33. The van der Waals surface area contributed by atoms with Gasteiger partial charge in [0, 0.05) is 0 Å². The van der Waals surface area contributed by atoms with Crippen LogP contribution in [0.25, 0.3) is 0 Å². The molecule has 0 aliphatic heterocycles. The van der Waals surface area contributed by atoms with Crippen molar-refractivity contribution >= 4 is 17.1 Å². The molecule has 1 heteroatoms. The van der Waals surface area contributed by atoms with Crippen LogP contribution >= 0.6 is 0 Å². The number of quaternary nitrogens is 1. The van der Waals surface area contributed by atoms with E-state index in [2.05, 4.69) is 0 Å². The van der Waals surface area contributed by atoms with Crippen molar-refractivity contribution in [3.8, 4) is 0 Å². The Balaban J connectivity index is 2.44. The molecule has 0 saturated heterocycles. The molecule has 0 spiro atoms. The molecule has 0 atom stereocenters. The third kappa shape index (κ3) is 2.13. The van der Waals surface area contributed by atoms with Gasteiger partial charge in [0.15, 0.2) is 0 Å². The number of para-hydroxylation sites is 3. The molecule has 20 heavy (non-hydrogen) atoms. The van der Waals surface area contributed by atoms with Gasteiger partial charge < -0.3 is 0 Å². The fourth-order valence-corrected chi connectivity index (χ4v) is 2.33. The van der Waals surface area contributed by atoms with Crippen LogP contribution in [0.4, 0.5) is 17.1 Å². The van der Waals surface area contributed by atoms with Crippen LogP contribution < -0.4 is 4.48 Å². The molecule has 0 radical (unpaired) electrons. The van der Waals surface area contributed by atoms with E-state index in [0.29, 0.717) is 0 Å². The monoisotopic (exact) mass is 270 g/mol. The molecule has 0 heterocycles. The first-order valence-electron chi connectivity index (χ1n) is 8.94. The fraction of sp³-hybridized carbons (Fsp3) is 0.0526. The highest BCUT2D eigenvalue weighted by Crippen LogP contribution is 2.40. The second-order valence-corrected chi connectivity index (χ2v) is 4.65. The minimum atomic E-state index is -0.383. The van der Waals surface area contributed by atoms with Gasteiger partial charge in [-0.25, -0.2) is 4.48 Å². The summed E-state index contributed by atoms with van der Waals surface area (Å²) >= 11 is 0. The van der Waals surface area contributed by atoms with Crippen molar-refractivity contribution < 1.29 is 6.85 Å². The third-order valence-corrected chi connectivity index (χ3v) is 3.48. The van der Waals surface area contributed by atoms with Gasteiger partial charge in [-0.15, -0.1) is 0 Å². The zero-order chi connectivity index (χ0) is 18.2. The summed E-state index contributed by atoms with van der Waals surface area (Å²) in [6.45, 7) is 0. The van der Waals surface area contributed by atoms with Crippen molar-refractivity contribution in [2.45, 2.75) is 0 Å². The lowest BCUT2D eigenvalue weighted by atomic mass is 10.1. The molecular formula is C19H18N+. The van der Waals surface area contributed by atoms with Gasteiger partial charge in [-0.3, -0.25) is 0 Å². The topological polar surface area (TPSA) is 0 Å². The predicted molar refractivity (Wildman–Crippen MR) is 86.4 cm³/mol. The molecule has 0 aliphatic rings. The van der Waals surface area contributed by atoms with Gasteiger partial charge in [0.2, 0.25) is 0 Å². The number of nitrogens with zero attached hydrogens (tertiary/aromatic N) is 1. The number of rotatable bonds is 3. The summed E-state index contributed by atoms with van der Waals surface area (Å²) in [5.74, 6) is 0. The van der Waals surface area contributed by atoms with Crippen LogP contribution in [0.5, 0.6) is 0 Å². The largest absolute Gasteiger partial charge is 0.229 e. The normalized spacial score (nSPS) is 14.8. The van der Waals surface area contributed by atoms with Crippen LogP contribution in [0, 0.1) is 0 Å². The smallest absolute Gasteiger partial charge is 0.142 e. The zero-order valence-electron chi connectivity index (χ0n) is 16.2. The second-order valence-electron chi connectivity index (χ2n) is 4.65. The highest BCUT2D eigenvalue weighted by Gasteiger charge is 2.30. The predicted octanol–water partition coefficient (Wildman–Crippen LogP) is 5.29. The van der Waals surface area contributed by atoms with E-state index in [1.807, 2.05) is 67.7 Å². The van der Waals surface area contributed by atoms with Gasteiger partial charge in [0.25, 0.3) is 0 Å². The van der Waals surface area contributed by atoms with E-state index in [9.17, 15) is 0 Å². The molecule has 1 nitrogen and oxygen atoms in total. The van der Waals surface area contributed by atoms with Gasteiger partial charge in [-0.1, -0.05) is 54.5 Å². The van der Waals surface area contributed by atoms with Gasteiger partial charge in [0.05, 0.1) is 13.9 Å². The van der Waals surface area contributed by atoms with E-state index in [-0.39, 0.29) is 40.4 Å². The molecule has 0 aromatic heterocycles. The Bertz CT molecular complexity index is 842. The van der Waals surface area contributed by atoms with Gasteiger partial charge in [-0.2, -0.15) is 0 Å². The first-order chi connectivity index (χ1) is 11.9. The quantitative estimate of drug-likeness (QED) is 0.567. The maximum atomic E-state index is 8.40. The van der Waals surface area contributed by atoms with Gasteiger partial charge >= 0.3 is 0 Å². The summed E-state index contributed by atoms with van der Waals surface area (Å²) in [5, 5.41) is 0. The highest BCUT2D eigenvalue weighted by molar-refractivity contribution is 5.69. The molecule has 0 bridgehead atoms. The van der Waals surface area contributed by atoms with Crippen molar-refractivity contribution in [3.63, 3.8) is 0 Å². The fourth-order valence-electron chi connectivity index (χ4n) is 2.33. The van der Waals surface area contributed by atoms with Crippen LogP contribution in [0.15, 0.2) is 90.9 Å². The van der Waals surface area contributed by atoms with E-state index in [1.165, 1.54) is 0 Å². The molecule has 0 fully saturated rings. The van der Waals surface area contributed by atoms with Crippen LogP contribution in [0.2, 0.25) is 0 Å². The molecule has 3 rings (SSSR count). The van der Waals surface area contributed by atoms with Crippen molar-refractivity contribution in [2.24, 2.45) is 0 Å². The number of hydrogen-bond acceptors (Lipinski definition) is 0. The van der Waals surface area contributed by atoms with Crippen LogP contribution in [-0.2, 0) is 0 Å². The molecule has 3 aromatic carbocycles. The summed E-state index contributed by atoms with van der Waals surface area (Å²) in [7, 11) is 1.85. The van der Waals surface area contributed by atoms with E-state index >= 15 is 0 Å². The molecule has 98 valence electrons. The Morgan fingerprint density at radius 2 is 1.10 bits per heavy atom. The summed E-state index contributed by atoms with van der Waals surface area (Å²) in [6.07, 6.45) is 0. The average molecular weight is 270 g/mol. The average Bonchev–Trinajstić information content (AvgIpc) is 2.66. The number of benzene rings is 3. The van der Waals surface area contributed by atoms with Crippen molar-refractivity contribution in [2.75, 3.05) is 7.05 Å². The Labute approximate surface area is 127 Å². The molecule has 0 amide bonds. The summed E-state index contributed by atoms with van der Waals surface area (Å²) in [5.41, 5.74) is 1.85. The summed E-state index contributed by atoms with van der Waals surface area (Å²) in [4.78, 5) is 0. The second kappa shape index (κ2) is 5.32. The van der Waals surface area contributed by atoms with Crippen LogP contribution in [0.1, 0.15) is 6.85 Å². The molecule has 3 aromatic rings. The molecule has 0 N–H and O–H groups in total. The van der Waals surface area contributed by atoms with E-state index in [0.717, 1.165) is 11.4 Å². The zero-order valence-corrected chi connectivity index (χ0v) is 11.2. The van der Waals surface area contributed by atoms with E-state index in [4.69, 9.17) is 6.85 Å². The Hall–Kier alpha value is -2.38. The van der Waals surface area contributed by atoms with Crippen LogP contribution in [-0.4, -0.2) is 7.05 Å². The first kappa shape index (κ1) is 8.03. The Morgan fingerprint density at radius 1 is 0.650 bits per heavy atom. The van der Waals surface area contributed by atoms with E-state index < -0.39 is 0 Å². The van der Waals surface area contributed by atoms with E-state index in [1.54, 1.807) is 0 Å². The highest BCUT2D eigenvalue weighted by atomic mass is 15.3. The maximum absolute atomic E-state index is 8.40. The minimum absolute atomic E-state index is 0.0165. The van der Waals surface area contributed by atoms with Crippen molar-refractivity contribution in [3.05, 3.63) is 90.9 Å². The standard InChI is InChI=1S/C19H18N/c1-20(17-11-5-2-6-12-17,18-13-7-3-8-14-18)19-15-9-4-10-16-19/h2-16H,1H3/q+1/i2T,5T,6T,11T,12T. The van der Waals surface area contributed by atoms with Gasteiger partial charge in [0.1, 0.15) is 17.1 Å².